The smallest absolute Gasteiger partial charge is 0.322 e. The number of anilines is 1. The van der Waals surface area contributed by atoms with Crippen LogP contribution in [0.4, 0.5) is 10.5 Å². The highest BCUT2D eigenvalue weighted by molar-refractivity contribution is 5.89. The van der Waals surface area contributed by atoms with Crippen molar-refractivity contribution < 1.29 is 9.53 Å². The second-order valence-corrected chi connectivity index (χ2v) is 5.49. The molecule has 0 bridgehead atoms. The molecule has 3 atom stereocenters. The topological polar surface area (TPSA) is 67.6 Å². The number of carbonyl (C=O) groups excluding carboxylic acids is 1. The third kappa shape index (κ3) is 3.49. The molecule has 1 aliphatic heterocycles. The quantitative estimate of drug-likeness (QED) is 0.872. The van der Waals surface area contributed by atoms with Crippen molar-refractivity contribution in [1.82, 2.24) is 4.90 Å². The van der Waals surface area contributed by atoms with Crippen LogP contribution >= 0.6 is 0 Å². The van der Waals surface area contributed by atoms with E-state index in [2.05, 4.69) is 5.32 Å². The Kier molecular flexibility index (Phi) is 4.62. The largest absolute Gasteiger partial charge is 0.375 e. The zero-order valence-corrected chi connectivity index (χ0v) is 12.3. The monoisotopic (exact) mass is 277 g/mol. The van der Waals surface area contributed by atoms with Crippen molar-refractivity contribution in [2.75, 3.05) is 18.5 Å². The number of nitrogens with one attached hydrogen (secondary N) is 1. The van der Waals surface area contributed by atoms with Crippen molar-refractivity contribution in [3.05, 3.63) is 29.8 Å². The molecule has 1 fully saturated rings. The highest BCUT2D eigenvalue weighted by atomic mass is 16.5. The normalized spacial score (nSPS) is 24.3. The van der Waals surface area contributed by atoms with E-state index in [1.54, 1.807) is 0 Å². The average molecular weight is 277 g/mol. The molecule has 110 valence electrons. The Morgan fingerprint density at radius 1 is 1.50 bits per heavy atom. The van der Waals surface area contributed by atoms with Crippen LogP contribution in [0.5, 0.6) is 0 Å². The summed E-state index contributed by atoms with van der Waals surface area (Å²) in [5.41, 5.74) is 7.64. The Morgan fingerprint density at radius 3 is 2.95 bits per heavy atom. The van der Waals surface area contributed by atoms with Gasteiger partial charge in [0.1, 0.15) is 0 Å². The van der Waals surface area contributed by atoms with Crippen LogP contribution in [-0.4, -0.2) is 36.2 Å². The molecule has 0 spiro atoms. The third-order valence-corrected chi connectivity index (χ3v) is 3.53. The number of ether oxygens (including phenoxy) is 1. The van der Waals surface area contributed by atoms with Gasteiger partial charge in [-0.15, -0.1) is 0 Å². The van der Waals surface area contributed by atoms with Gasteiger partial charge in [0.2, 0.25) is 0 Å². The highest BCUT2D eigenvalue weighted by Crippen LogP contribution is 2.18. The summed E-state index contributed by atoms with van der Waals surface area (Å²) in [7, 11) is 0. The fraction of sp³-hybridized carbons (Fsp3) is 0.533. The van der Waals surface area contributed by atoms with Gasteiger partial charge in [0.05, 0.1) is 18.8 Å². The molecule has 1 saturated heterocycles. The van der Waals surface area contributed by atoms with E-state index in [4.69, 9.17) is 10.5 Å². The lowest BCUT2D eigenvalue weighted by Gasteiger charge is -2.36. The molecule has 0 aliphatic carbocycles. The van der Waals surface area contributed by atoms with Gasteiger partial charge in [-0.1, -0.05) is 12.1 Å². The molecule has 1 aromatic carbocycles. The molecule has 1 heterocycles. The van der Waals surface area contributed by atoms with E-state index in [1.807, 2.05) is 49.9 Å². The van der Waals surface area contributed by atoms with Crippen molar-refractivity contribution in [3.8, 4) is 0 Å². The van der Waals surface area contributed by atoms with Crippen LogP contribution in [0.2, 0.25) is 0 Å². The Bertz CT molecular complexity index is 476. The van der Waals surface area contributed by atoms with E-state index < -0.39 is 0 Å². The van der Waals surface area contributed by atoms with Gasteiger partial charge in [-0.2, -0.15) is 0 Å². The summed E-state index contributed by atoms with van der Waals surface area (Å²) in [5.74, 6) is 0. The van der Waals surface area contributed by atoms with E-state index in [1.165, 1.54) is 0 Å². The summed E-state index contributed by atoms with van der Waals surface area (Å²) in [4.78, 5) is 14.1. The zero-order chi connectivity index (χ0) is 14.7. The average Bonchev–Trinajstić information content (AvgIpc) is 2.41. The van der Waals surface area contributed by atoms with Crippen molar-refractivity contribution in [1.29, 1.82) is 0 Å². The summed E-state index contributed by atoms with van der Waals surface area (Å²) in [6, 6.07) is 7.60. The number of hydrogen-bond acceptors (Lipinski definition) is 3. The van der Waals surface area contributed by atoms with E-state index in [0.29, 0.717) is 13.2 Å². The van der Waals surface area contributed by atoms with Gasteiger partial charge in [-0.05, 0) is 38.5 Å². The minimum atomic E-state index is -0.0884. The summed E-state index contributed by atoms with van der Waals surface area (Å²) >= 11 is 0. The van der Waals surface area contributed by atoms with Crippen LogP contribution in [0.1, 0.15) is 32.4 Å². The van der Waals surface area contributed by atoms with Crippen LogP contribution in [-0.2, 0) is 4.74 Å². The van der Waals surface area contributed by atoms with Crippen LogP contribution in [0, 0.1) is 0 Å². The molecular formula is C15H23N3O2. The Hall–Kier alpha value is -1.59. The number of hydrogen-bond donors (Lipinski definition) is 2. The minimum Gasteiger partial charge on any atom is -0.375 e. The summed E-state index contributed by atoms with van der Waals surface area (Å²) in [6.07, 6.45) is 0.0762. The molecule has 0 saturated carbocycles. The number of morpholine rings is 1. The fourth-order valence-electron chi connectivity index (χ4n) is 2.28. The van der Waals surface area contributed by atoms with Gasteiger partial charge in [0.15, 0.2) is 0 Å². The minimum absolute atomic E-state index is 0.0471. The molecular weight excluding hydrogens is 254 g/mol. The maximum Gasteiger partial charge on any atom is 0.322 e. The molecule has 1 aromatic rings. The number of nitrogens with two attached hydrogens (primary N) is 1. The molecule has 1 aliphatic rings. The van der Waals surface area contributed by atoms with Crippen LogP contribution in [0.25, 0.3) is 0 Å². The summed E-state index contributed by atoms with van der Waals surface area (Å²) in [5, 5.41) is 2.93. The highest BCUT2D eigenvalue weighted by Gasteiger charge is 2.27. The summed E-state index contributed by atoms with van der Waals surface area (Å²) < 4.78 is 5.53. The van der Waals surface area contributed by atoms with Crippen LogP contribution < -0.4 is 11.1 Å². The van der Waals surface area contributed by atoms with Gasteiger partial charge in [0, 0.05) is 18.3 Å². The lowest BCUT2D eigenvalue weighted by atomic mass is 10.1. The second kappa shape index (κ2) is 6.24. The molecule has 2 rings (SSSR count). The van der Waals surface area contributed by atoms with E-state index in [-0.39, 0.29) is 24.2 Å². The summed E-state index contributed by atoms with van der Waals surface area (Å²) in [6.45, 7) is 7.08. The van der Waals surface area contributed by atoms with Gasteiger partial charge in [-0.25, -0.2) is 4.79 Å². The first-order chi connectivity index (χ1) is 9.47. The zero-order valence-electron chi connectivity index (χ0n) is 12.3. The lowest BCUT2D eigenvalue weighted by Crippen LogP contribution is -2.51. The van der Waals surface area contributed by atoms with Crippen molar-refractivity contribution in [2.24, 2.45) is 5.73 Å². The molecule has 5 heteroatoms. The molecule has 0 aromatic heterocycles. The van der Waals surface area contributed by atoms with Crippen molar-refractivity contribution in [3.63, 3.8) is 0 Å². The first kappa shape index (κ1) is 14.8. The first-order valence-electron chi connectivity index (χ1n) is 7.02. The van der Waals surface area contributed by atoms with Gasteiger partial charge >= 0.3 is 6.03 Å². The van der Waals surface area contributed by atoms with Gasteiger partial charge in [-0.3, -0.25) is 0 Å². The lowest BCUT2D eigenvalue weighted by molar-refractivity contribution is -0.0296. The Labute approximate surface area is 120 Å². The number of urea groups is 1. The Balaban J connectivity index is 2.05. The van der Waals surface area contributed by atoms with Crippen LogP contribution in [0.15, 0.2) is 24.3 Å². The predicted molar refractivity (Wildman–Crippen MR) is 79.6 cm³/mol. The molecule has 20 heavy (non-hydrogen) atoms. The standard InChI is InChI=1S/C15H23N3O2/c1-10-9-20-11(2)8-18(10)15(19)17-14-6-4-5-13(7-14)12(3)16/h4-7,10-12H,8-9,16H2,1-3H3,(H,17,19). The predicted octanol–water partition coefficient (Wildman–Crippen LogP) is 2.35. The van der Waals surface area contributed by atoms with Crippen molar-refractivity contribution in [2.45, 2.75) is 39.0 Å². The number of amides is 2. The molecule has 5 nitrogen and oxygen atoms in total. The number of rotatable bonds is 2. The maximum atomic E-state index is 12.3. The first-order valence-corrected chi connectivity index (χ1v) is 7.02. The Morgan fingerprint density at radius 2 is 2.25 bits per heavy atom. The molecule has 0 radical (unpaired) electrons. The third-order valence-electron chi connectivity index (χ3n) is 3.53. The SMILES string of the molecule is CC1CN(C(=O)Nc2cccc(C(C)N)c2)C(C)CO1. The number of nitrogens with zero attached hydrogens (tertiary/aromatic N) is 1. The van der Waals surface area contributed by atoms with E-state index >= 15 is 0 Å². The molecule has 3 unspecified atom stereocenters. The molecule has 2 amide bonds. The van der Waals surface area contributed by atoms with E-state index in [0.717, 1.165) is 11.3 Å². The molecule has 3 N–H and O–H groups in total. The van der Waals surface area contributed by atoms with Crippen molar-refractivity contribution >= 4 is 11.7 Å². The van der Waals surface area contributed by atoms with E-state index in [9.17, 15) is 4.79 Å². The fourth-order valence-corrected chi connectivity index (χ4v) is 2.28. The maximum absolute atomic E-state index is 12.3. The second-order valence-electron chi connectivity index (χ2n) is 5.49. The number of benzene rings is 1. The van der Waals surface area contributed by atoms with Gasteiger partial charge in [0.25, 0.3) is 0 Å². The number of carbonyl (C=O) groups is 1. The van der Waals surface area contributed by atoms with Gasteiger partial charge < -0.3 is 20.7 Å². The van der Waals surface area contributed by atoms with Crippen LogP contribution in [0.3, 0.4) is 0 Å².